The van der Waals surface area contributed by atoms with E-state index in [9.17, 15) is 9.59 Å². The SMILES string of the molecule is CCCCC[C@H](C=C=C[C@@H]1C[C@H](C(C)C)OC(=O)O1)OC=O. The number of hydrogen-bond donors (Lipinski definition) is 0. The molecule has 0 unspecified atom stereocenters. The molecule has 1 fully saturated rings. The summed E-state index contributed by atoms with van der Waals surface area (Å²) in [5.74, 6) is 0.243. The van der Waals surface area contributed by atoms with Crippen LogP contribution in [0.1, 0.15) is 52.9 Å². The maximum atomic E-state index is 11.4. The van der Waals surface area contributed by atoms with Gasteiger partial charge >= 0.3 is 6.16 Å². The van der Waals surface area contributed by atoms with Gasteiger partial charge in [-0.05, 0) is 30.9 Å². The first-order valence-corrected chi connectivity index (χ1v) is 7.95. The smallest absolute Gasteiger partial charge is 0.460 e. The fourth-order valence-electron chi connectivity index (χ4n) is 2.24. The van der Waals surface area contributed by atoms with E-state index >= 15 is 0 Å². The predicted molar refractivity (Wildman–Crippen MR) is 82.3 cm³/mol. The molecule has 1 rings (SSSR count). The zero-order chi connectivity index (χ0) is 16.4. The van der Waals surface area contributed by atoms with E-state index in [2.05, 4.69) is 12.7 Å². The fourth-order valence-corrected chi connectivity index (χ4v) is 2.24. The summed E-state index contributed by atoms with van der Waals surface area (Å²) >= 11 is 0. The minimum Gasteiger partial charge on any atom is -0.460 e. The van der Waals surface area contributed by atoms with Gasteiger partial charge in [0, 0.05) is 6.42 Å². The molecule has 22 heavy (non-hydrogen) atoms. The Hall–Kier alpha value is -1.74. The molecule has 0 amide bonds. The second-order valence-corrected chi connectivity index (χ2v) is 5.81. The average Bonchev–Trinajstić information content (AvgIpc) is 2.47. The minimum absolute atomic E-state index is 0.143. The monoisotopic (exact) mass is 310 g/mol. The van der Waals surface area contributed by atoms with Gasteiger partial charge in [-0.15, -0.1) is 5.73 Å². The molecule has 1 heterocycles. The molecule has 0 N–H and O–H groups in total. The fraction of sp³-hybridized carbons (Fsp3) is 0.706. The van der Waals surface area contributed by atoms with Gasteiger partial charge in [-0.25, -0.2) is 4.79 Å². The third kappa shape index (κ3) is 6.81. The number of unbranched alkanes of at least 4 members (excludes halogenated alkanes) is 2. The molecule has 0 aromatic carbocycles. The lowest BCUT2D eigenvalue weighted by molar-refractivity contribution is -0.131. The van der Waals surface area contributed by atoms with Crippen LogP contribution in [0.5, 0.6) is 0 Å². The molecule has 5 heteroatoms. The van der Waals surface area contributed by atoms with Crippen molar-refractivity contribution >= 4 is 12.6 Å². The number of hydrogen-bond acceptors (Lipinski definition) is 5. The molecular formula is C17H26O5. The Balaban J connectivity index is 2.58. The Morgan fingerprint density at radius 1 is 1.36 bits per heavy atom. The molecule has 1 aliphatic heterocycles. The Bertz CT molecular complexity index is 409. The van der Waals surface area contributed by atoms with Crippen LogP contribution in [0.15, 0.2) is 17.9 Å². The number of carbonyl (C=O) groups excluding carboxylic acids is 2. The Morgan fingerprint density at radius 3 is 2.77 bits per heavy atom. The number of rotatable bonds is 9. The number of carbonyl (C=O) groups is 2. The van der Waals surface area contributed by atoms with Crippen molar-refractivity contribution in [1.29, 1.82) is 0 Å². The van der Waals surface area contributed by atoms with Crippen LogP contribution in [-0.2, 0) is 19.0 Å². The molecule has 3 atom stereocenters. The lowest BCUT2D eigenvalue weighted by Gasteiger charge is -2.29. The van der Waals surface area contributed by atoms with Crippen molar-refractivity contribution in [2.45, 2.75) is 71.2 Å². The highest BCUT2D eigenvalue weighted by molar-refractivity contribution is 5.61. The quantitative estimate of drug-likeness (QED) is 0.281. The van der Waals surface area contributed by atoms with Crippen LogP contribution in [0.25, 0.3) is 0 Å². The summed E-state index contributed by atoms with van der Waals surface area (Å²) in [5.41, 5.74) is 2.98. The van der Waals surface area contributed by atoms with Crippen molar-refractivity contribution in [3.05, 3.63) is 17.9 Å². The zero-order valence-electron chi connectivity index (χ0n) is 13.6. The Kier molecular flexibility index (Phi) is 8.38. The summed E-state index contributed by atoms with van der Waals surface area (Å²) in [6.45, 7) is 6.58. The summed E-state index contributed by atoms with van der Waals surface area (Å²) in [6.07, 6.45) is 6.58. The van der Waals surface area contributed by atoms with Crippen molar-refractivity contribution in [3.63, 3.8) is 0 Å². The van der Waals surface area contributed by atoms with Crippen molar-refractivity contribution < 1.29 is 23.8 Å². The van der Waals surface area contributed by atoms with E-state index in [1.807, 2.05) is 13.8 Å². The van der Waals surface area contributed by atoms with Crippen LogP contribution < -0.4 is 0 Å². The van der Waals surface area contributed by atoms with Crippen molar-refractivity contribution in [2.75, 3.05) is 0 Å². The van der Waals surface area contributed by atoms with Gasteiger partial charge in [-0.2, -0.15) is 0 Å². The topological polar surface area (TPSA) is 61.8 Å². The average molecular weight is 310 g/mol. The molecule has 5 nitrogen and oxygen atoms in total. The maximum Gasteiger partial charge on any atom is 0.509 e. The van der Waals surface area contributed by atoms with Crippen molar-refractivity contribution in [3.8, 4) is 0 Å². The number of ether oxygens (including phenoxy) is 3. The minimum atomic E-state index is -0.642. The molecule has 0 bridgehead atoms. The van der Waals surface area contributed by atoms with Crippen LogP contribution >= 0.6 is 0 Å². The molecule has 0 aliphatic carbocycles. The van der Waals surface area contributed by atoms with E-state index < -0.39 is 6.16 Å². The van der Waals surface area contributed by atoms with Gasteiger partial charge in [0.25, 0.3) is 6.47 Å². The highest BCUT2D eigenvalue weighted by atomic mass is 16.7. The van der Waals surface area contributed by atoms with E-state index in [1.165, 1.54) is 0 Å². The van der Waals surface area contributed by atoms with Gasteiger partial charge < -0.3 is 14.2 Å². The molecular weight excluding hydrogens is 284 g/mol. The summed E-state index contributed by atoms with van der Waals surface area (Å²) in [7, 11) is 0. The molecule has 0 radical (unpaired) electrons. The molecule has 1 aliphatic rings. The third-order valence-corrected chi connectivity index (χ3v) is 3.59. The first kappa shape index (κ1) is 18.3. The van der Waals surface area contributed by atoms with Gasteiger partial charge in [0.15, 0.2) is 0 Å². The van der Waals surface area contributed by atoms with E-state index in [1.54, 1.807) is 12.2 Å². The maximum absolute atomic E-state index is 11.4. The van der Waals surface area contributed by atoms with Gasteiger partial charge in [0.2, 0.25) is 0 Å². The van der Waals surface area contributed by atoms with Crippen LogP contribution in [0, 0.1) is 5.92 Å². The van der Waals surface area contributed by atoms with Crippen LogP contribution in [0.2, 0.25) is 0 Å². The molecule has 124 valence electrons. The highest BCUT2D eigenvalue weighted by Crippen LogP contribution is 2.21. The van der Waals surface area contributed by atoms with Crippen molar-refractivity contribution in [1.82, 2.24) is 0 Å². The van der Waals surface area contributed by atoms with Crippen LogP contribution in [0.4, 0.5) is 4.79 Å². The second kappa shape index (κ2) is 10.1. The zero-order valence-corrected chi connectivity index (χ0v) is 13.6. The van der Waals surface area contributed by atoms with Gasteiger partial charge in [-0.1, -0.05) is 33.6 Å². The molecule has 1 saturated heterocycles. The van der Waals surface area contributed by atoms with E-state index in [4.69, 9.17) is 14.2 Å². The largest absolute Gasteiger partial charge is 0.509 e. The summed E-state index contributed by atoms with van der Waals surface area (Å²) in [6, 6.07) is 0. The van der Waals surface area contributed by atoms with Crippen LogP contribution in [0.3, 0.4) is 0 Å². The van der Waals surface area contributed by atoms with E-state index in [0.29, 0.717) is 12.9 Å². The molecule has 0 aromatic heterocycles. The Labute approximate surface area is 132 Å². The summed E-state index contributed by atoms with van der Waals surface area (Å²) in [5, 5.41) is 0. The normalized spacial score (nSPS) is 22.1. The summed E-state index contributed by atoms with van der Waals surface area (Å²) in [4.78, 5) is 21.9. The molecule has 0 spiro atoms. The predicted octanol–water partition coefficient (Wildman–Crippen LogP) is 3.77. The Morgan fingerprint density at radius 2 is 2.14 bits per heavy atom. The van der Waals surface area contributed by atoms with Gasteiger partial charge in [-0.3, -0.25) is 4.79 Å². The molecule has 0 saturated carbocycles. The summed E-state index contributed by atoms with van der Waals surface area (Å²) < 4.78 is 15.2. The second-order valence-electron chi connectivity index (χ2n) is 5.81. The third-order valence-electron chi connectivity index (χ3n) is 3.59. The van der Waals surface area contributed by atoms with Gasteiger partial charge in [0.05, 0.1) is 0 Å². The lowest BCUT2D eigenvalue weighted by atomic mass is 10.00. The first-order chi connectivity index (χ1) is 10.6. The van der Waals surface area contributed by atoms with Gasteiger partial charge in [0.1, 0.15) is 18.3 Å². The standard InChI is InChI=1S/C17H26O5/c1-4-5-6-8-14(20-12-18)9-7-10-15-11-16(13(2)3)22-17(19)21-15/h9-10,12-16H,4-6,8,11H2,1-3H3/t7?,14-,15-,16-/m1/s1. The number of cyclic esters (lactones) is 2. The molecule has 0 aromatic rings. The van der Waals surface area contributed by atoms with Crippen molar-refractivity contribution in [2.24, 2.45) is 5.92 Å². The van der Waals surface area contributed by atoms with E-state index in [-0.39, 0.29) is 24.2 Å². The lowest BCUT2D eigenvalue weighted by Crippen LogP contribution is -2.36. The highest BCUT2D eigenvalue weighted by Gasteiger charge is 2.30. The van der Waals surface area contributed by atoms with Crippen LogP contribution in [-0.4, -0.2) is 30.9 Å². The first-order valence-electron chi connectivity index (χ1n) is 7.95. The van der Waals surface area contributed by atoms with E-state index in [0.717, 1.165) is 25.7 Å².